The fourth-order valence-electron chi connectivity index (χ4n) is 3.79. The van der Waals surface area contributed by atoms with Crippen LogP contribution in [0.3, 0.4) is 0 Å². The summed E-state index contributed by atoms with van der Waals surface area (Å²) in [5.41, 5.74) is 1.43. The number of ether oxygens (including phenoxy) is 5. The minimum Gasteiger partial charge on any atom is -0.454 e. The molecule has 0 aliphatic carbocycles. The summed E-state index contributed by atoms with van der Waals surface area (Å²) in [6.45, 7) is 0.575. The lowest BCUT2D eigenvalue weighted by Crippen LogP contribution is -2.45. The Bertz CT molecular complexity index is 1130. The number of hydrogen-bond donors (Lipinski definition) is 1. The second-order valence-electron chi connectivity index (χ2n) is 8.24. The lowest BCUT2D eigenvalue weighted by Gasteiger charge is -2.32. The Labute approximate surface area is 229 Å². The van der Waals surface area contributed by atoms with E-state index in [2.05, 4.69) is 26.0 Å². The van der Waals surface area contributed by atoms with Crippen LogP contribution in [0.4, 0.5) is 4.79 Å². The Hall–Kier alpha value is -3.57. The normalized spacial score (nSPS) is 12.7. The zero-order chi connectivity index (χ0) is 27.3. The van der Waals surface area contributed by atoms with Crippen LogP contribution in [0.1, 0.15) is 30.0 Å². The molecule has 0 fully saturated rings. The molecule has 1 N–H and O–H groups in total. The summed E-state index contributed by atoms with van der Waals surface area (Å²) in [7, 11) is 2.68. The lowest BCUT2D eigenvalue weighted by atomic mass is 10.0. The first kappa shape index (κ1) is 29.0. The third kappa shape index (κ3) is 8.22. The molecule has 3 rings (SSSR count). The fraction of sp³-hybridized carbons (Fsp3) is 0.370. The number of rotatable bonds is 13. The van der Waals surface area contributed by atoms with Crippen LogP contribution >= 0.6 is 15.9 Å². The van der Waals surface area contributed by atoms with Gasteiger partial charge in [0.05, 0.1) is 7.11 Å². The third-order valence-corrected chi connectivity index (χ3v) is 6.29. The highest BCUT2D eigenvalue weighted by atomic mass is 79.9. The van der Waals surface area contributed by atoms with Gasteiger partial charge in [-0.15, -0.1) is 0 Å². The smallest absolute Gasteiger partial charge is 0.454 e. The van der Waals surface area contributed by atoms with Crippen molar-refractivity contribution in [3.63, 3.8) is 0 Å². The molecule has 10 nitrogen and oxygen atoms in total. The van der Waals surface area contributed by atoms with Crippen LogP contribution < -0.4 is 14.8 Å². The second-order valence-corrected chi connectivity index (χ2v) is 9.09. The first-order chi connectivity index (χ1) is 18.4. The van der Waals surface area contributed by atoms with Gasteiger partial charge in [0, 0.05) is 30.2 Å². The molecule has 38 heavy (non-hydrogen) atoms. The van der Waals surface area contributed by atoms with Gasteiger partial charge in [-0.3, -0.25) is 9.59 Å². The third-order valence-electron chi connectivity index (χ3n) is 5.61. The zero-order valence-corrected chi connectivity index (χ0v) is 22.9. The van der Waals surface area contributed by atoms with Gasteiger partial charge in [-0.05, 0) is 30.5 Å². The van der Waals surface area contributed by atoms with Crippen LogP contribution in [0.25, 0.3) is 0 Å². The number of allylic oxidation sites excluding steroid dienone is 1. The largest absolute Gasteiger partial charge is 0.508 e. The molecule has 2 aromatic rings. The van der Waals surface area contributed by atoms with Crippen LogP contribution in [0.15, 0.2) is 59.1 Å². The molecular weight excluding hydrogens is 560 g/mol. The number of benzene rings is 2. The number of carbonyl (C=O) groups is 3. The van der Waals surface area contributed by atoms with Crippen molar-refractivity contribution in [2.45, 2.75) is 25.4 Å². The molecule has 1 unspecified atom stereocenters. The van der Waals surface area contributed by atoms with Crippen molar-refractivity contribution in [1.82, 2.24) is 10.2 Å². The predicted molar refractivity (Wildman–Crippen MR) is 142 cm³/mol. The molecule has 1 aliphatic rings. The highest BCUT2D eigenvalue weighted by Crippen LogP contribution is 2.41. The van der Waals surface area contributed by atoms with Crippen LogP contribution in [-0.2, 0) is 30.3 Å². The van der Waals surface area contributed by atoms with E-state index in [-0.39, 0.29) is 38.4 Å². The van der Waals surface area contributed by atoms with Crippen molar-refractivity contribution in [1.29, 1.82) is 0 Å². The van der Waals surface area contributed by atoms with E-state index in [1.807, 2.05) is 36.4 Å². The second kappa shape index (κ2) is 15.0. The number of nitrogens with zero attached hydrogens (tertiary/aromatic N) is 1. The maximum atomic E-state index is 13.7. The Morgan fingerprint density at radius 2 is 1.84 bits per heavy atom. The molecule has 2 amide bonds. The van der Waals surface area contributed by atoms with Crippen LogP contribution in [0, 0.1) is 0 Å². The first-order valence-corrected chi connectivity index (χ1v) is 12.8. The molecule has 0 saturated carbocycles. The maximum Gasteiger partial charge on any atom is 0.508 e. The van der Waals surface area contributed by atoms with E-state index < -0.39 is 12.2 Å². The number of nitrogens with one attached hydrogen (secondary N) is 1. The van der Waals surface area contributed by atoms with E-state index in [1.165, 1.54) is 19.1 Å². The van der Waals surface area contributed by atoms with Crippen molar-refractivity contribution in [2.24, 2.45) is 0 Å². The summed E-state index contributed by atoms with van der Waals surface area (Å²) in [4.78, 5) is 39.4. The van der Waals surface area contributed by atoms with Gasteiger partial charge < -0.3 is 33.9 Å². The predicted octanol–water partition coefficient (Wildman–Crippen LogP) is 4.13. The van der Waals surface area contributed by atoms with Gasteiger partial charge in [0.1, 0.15) is 19.3 Å². The Morgan fingerprint density at radius 1 is 1.11 bits per heavy atom. The van der Waals surface area contributed by atoms with Gasteiger partial charge in [-0.25, -0.2) is 4.79 Å². The number of unbranched alkanes of at least 4 members (excludes halogenated alkanes) is 1. The van der Waals surface area contributed by atoms with Crippen molar-refractivity contribution in [3.8, 4) is 11.5 Å². The average Bonchev–Trinajstić information content (AvgIpc) is 3.37. The number of methoxy groups -OCH3 is 2. The highest BCUT2D eigenvalue weighted by molar-refractivity contribution is 9.10. The Kier molecular flexibility index (Phi) is 11.4. The molecule has 2 aromatic carbocycles. The first-order valence-electron chi connectivity index (χ1n) is 12.0. The number of fused-ring (bicyclic) bond motifs is 1. The van der Waals surface area contributed by atoms with Crippen LogP contribution in [-0.4, -0.2) is 63.6 Å². The molecule has 0 saturated heterocycles. The van der Waals surface area contributed by atoms with Crippen molar-refractivity contribution in [3.05, 3.63) is 70.2 Å². The molecule has 1 heterocycles. The summed E-state index contributed by atoms with van der Waals surface area (Å²) in [6, 6.07) is 11.9. The minimum atomic E-state index is -0.967. The summed E-state index contributed by atoms with van der Waals surface area (Å²) >= 11 is 3.55. The summed E-state index contributed by atoms with van der Waals surface area (Å²) in [5, 5.41) is 2.95. The maximum absolute atomic E-state index is 13.7. The van der Waals surface area contributed by atoms with Gasteiger partial charge in [-0.2, -0.15) is 0 Å². The van der Waals surface area contributed by atoms with Gasteiger partial charge in [0.15, 0.2) is 11.5 Å². The van der Waals surface area contributed by atoms with Crippen LogP contribution in [0.2, 0.25) is 0 Å². The number of carbonyl (C=O) groups excluding carboxylic acids is 3. The molecule has 0 aromatic heterocycles. The van der Waals surface area contributed by atoms with Crippen molar-refractivity contribution >= 4 is 33.9 Å². The van der Waals surface area contributed by atoms with Gasteiger partial charge >= 0.3 is 6.16 Å². The van der Waals surface area contributed by atoms with E-state index >= 15 is 0 Å². The zero-order valence-electron chi connectivity index (χ0n) is 21.3. The summed E-state index contributed by atoms with van der Waals surface area (Å²) < 4.78 is 25.9. The van der Waals surface area contributed by atoms with E-state index in [1.54, 1.807) is 18.2 Å². The van der Waals surface area contributed by atoms with Gasteiger partial charge in [0.25, 0.3) is 0 Å². The van der Waals surface area contributed by atoms with E-state index in [0.29, 0.717) is 40.9 Å². The summed E-state index contributed by atoms with van der Waals surface area (Å²) in [6.07, 6.45) is 4.10. The molecule has 0 spiro atoms. The molecule has 0 radical (unpaired) electrons. The molecule has 1 atom stereocenters. The van der Waals surface area contributed by atoms with E-state index in [4.69, 9.17) is 18.9 Å². The Balaban J connectivity index is 1.79. The molecule has 204 valence electrons. The summed E-state index contributed by atoms with van der Waals surface area (Å²) in [5.74, 6) is 0.373. The van der Waals surface area contributed by atoms with E-state index in [0.717, 1.165) is 5.56 Å². The molecule has 1 aliphatic heterocycles. The van der Waals surface area contributed by atoms with Gasteiger partial charge in [-0.1, -0.05) is 58.4 Å². The average molecular weight is 591 g/mol. The van der Waals surface area contributed by atoms with Gasteiger partial charge in [0.2, 0.25) is 18.6 Å². The quantitative estimate of drug-likeness (QED) is 0.210. The standard InChI is InChI=1S/C27H31BrN2O8/c1-34-17-24(31)30(16-19-10-6-5-7-11-19)25(20-14-22-23(15-21(20)28)38-18-37-22)26(32)29-12-8-3-4-9-13-36-27(33)35-2/h4-7,9-11,14-15,25H,3,8,12-13,16-18H2,1-2H3,(H,29,32)/b9-4+. The van der Waals surface area contributed by atoms with Crippen LogP contribution in [0.5, 0.6) is 11.5 Å². The number of hydrogen-bond acceptors (Lipinski definition) is 8. The number of halogens is 1. The molecular formula is C27H31BrN2O8. The minimum absolute atomic E-state index is 0.0800. The molecule has 11 heteroatoms. The number of amides is 2. The fourth-order valence-corrected chi connectivity index (χ4v) is 4.33. The van der Waals surface area contributed by atoms with E-state index in [9.17, 15) is 14.4 Å². The highest BCUT2D eigenvalue weighted by Gasteiger charge is 2.34. The SMILES string of the molecule is COCC(=O)N(Cc1ccccc1)C(C(=O)NCCC/C=C/COC(=O)OC)c1cc2c(cc1Br)OCO2. The Morgan fingerprint density at radius 3 is 2.55 bits per heavy atom. The van der Waals surface area contributed by atoms with Crippen molar-refractivity contribution in [2.75, 3.05) is 40.8 Å². The molecule has 0 bridgehead atoms. The monoisotopic (exact) mass is 590 g/mol. The topological polar surface area (TPSA) is 113 Å². The van der Waals surface area contributed by atoms with Crippen molar-refractivity contribution < 1.29 is 38.1 Å². The lowest BCUT2D eigenvalue weighted by molar-refractivity contribution is -0.144.